The molecule has 120 valence electrons. The Labute approximate surface area is 147 Å². The molecule has 0 saturated heterocycles. The van der Waals surface area contributed by atoms with Crippen LogP contribution < -0.4 is 5.32 Å². The van der Waals surface area contributed by atoms with Crippen LogP contribution in [0.1, 0.15) is 11.3 Å². The molecule has 1 aromatic carbocycles. The van der Waals surface area contributed by atoms with Crippen LogP contribution >= 0.6 is 22.9 Å². The maximum Gasteiger partial charge on any atom is 0.249 e. The number of halogens is 1. The van der Waals surface area contributed by atoms with Gasteiger partial charge >= 0.3 is 0 Å². The minimum atomic E-state index is 0.193. The molecule has 0 bridgehead atoms. The summed E-state index contributed by atoms with van der Waals surface area (Å²) in [7, 11) is 0. The Morgan fingerprint density at radius 3 is 2.62 bits per heavy atom. The molecule has 0 unspecified atom stereocenters. The molecule has 0 fully saturated rings. The average molecular weight is 357 g/mol. The molecule has 0 saturated carbocycles. The van der Waals surface area contributed by atoms with Crippen molar-refractivity contribution in [3.05, 3.63) is 52.3 Å². The van der Waals surface area contributed by atoms with Gasteiger partial charge in [-0.3, -0.25) is 0 Å². The zero-order valence-electron chi connectivity index (χ0n) is 13.0. The van der Waals surface area contributed by atoms with Gasteiger partial charge in [0.05, 0.1) is 5.69 Å². The molecule has 8 heteroatoms. The largest absolute Gasteiger partial charge is 0.307 e. The van der Waals surface area contributed by atoms with E-state index in [0.717, 1.165) is 21.9 Å². The van der Waals surface area contributed by atoms with Crippen molar-refractivity contribution >= 4 is 39.7 Å². The summed E-state index contributed by atoms with van der Waals surface area (Å²) in [4.78, 5) is 13.5. The smallest absolute Gasteiger partial charge is 0.249 e. The number of aryl methyl sites for hydroxylation is 2. The third-order valence-corrected chi connectivity index (χ3v) is 4.48. The molecule has 1 N–H and O–H groups in total. The van der Waals surface area contributed by atoms with E-state index in [1.807, 2.05) is 11.4 Å². The summed E-state index contributed by atoms with van der Waals surface area (Å²) >= 11 is 7.43. The predicted molar refractivity (Wildman–Crippen MR) is 96.1 cm³/mol. The average Bonchev–Trinajstić information content (AvgIpc) is 3.07. The van der Waals surface area contributed by atoms with Crippen LogP contribution in [-0.4, -0.2) is 24.6 Å². The molecule has 0 amide bonds. The molecule has 0 aliphatic heterocycles. The SMILES string of the molecule is Cc1ccc(-c2csc3nc(Nc4cc(C)nc(Cl)n4)nn23)cc1. The lowest BCUT2D eigenvalue weighted by molar-refractivity contribution is 0.985. The van der Waals surface area contributed by atoms with Gasteiger partial charge in [0.15, 0.2) is 0 Å². The fraction of sp³-hybridized carbons (Fsp3) is 0.125. The van der Waals surface area contributed by atoms with Crippen molar-refractivity contribution in [2.24, 2.45) is 0 Å². The summed E-state index contributed by atoms with van der Waals surface area (Å²) in [5.41, 5.74) is 4.11. The van der Waals surface area contributed by atoms with Gasteiger partial charge in [0.2, 0.25) is 16.2 Å². The van der Waals surface area contributed by atoms with Crippen molar-refractivity contribution < 1.29 is 0 Å². The Kier molecular flexibility index (Phi) is 3.66. The Balaban J connectivity index is 1.70. The van der Waals surface area contributed by atoms with Gasteiger partial charge in [-0.2, -0.15) is 4.98 Å². The first-order valence-corrected chi connectivity index (χ1v) is 8.54. The van der Waals surface area contributed by atoms with Gasteiger partial charge in [-0.05, 0) is 25.4 Å². The summed E-state index contributed by atoms with van der Waals surface area (Å²) in [6.45, 7) is 3.92. The van der Waals surface area contributed by atoms with Gasteiger partial charge in [-0.25, -0.2) is 14.5 Å². The second-order valence-electron chi connectivity index (χ2n) is 5.41. The molecule has 0 aliphatic carbocycles. The molecular formula is C16H13ClN6S. The molecule has 6 nitrogen and oxygen atoms in total. The van der Waals surface area contributed by atoms with E-state index in [1.54, 1.807) is 17.4 Å². The highest BCUT2D eigenvalue weighted by molar-refractivity contribution is 7.15. The lowest BCUT2D eigenvalue weighted by Crippen LogP contribution is -1.99. The number of anilines is 2. The maximum atomic E-state index is 5.89. The van der Waals surface area contributed by atoms with Crippen LogP contribution in [0.4, 0.5) is 11.8 Å². The van der Waals surface area contributed by atoms with Gasteiger partial charge < -0.3 is 5.32 Å². The van der Waals surface area contributed by atoms with E-state index in [4.69, 9.17) is 11.6 Å². The molecule has 4 aromatic rings. The number of benzene rings is 1. The van der Waals surface area contributed by atoms with Crippen LogP contribution in [0.2, 0.25) is 5.28 Å². The third-order valence-electron chi connectivity index (χ3n) is 3.50. The van der Waals surface area contributed by atoms with E-state index in [9.17, 15) is 0 Å². The molecule has 3 heterocycles. The van der Waals surface area contributed by atoms with Crippen molar-refractivity contribution in [3.8, 4) is 11.3 Å². The number of aromatic nitrogens is 5. The highest BCUT2D eigenvalue weighted by atomic mass is 35.5. The monoisotopic (exact) mass is 356 g/mol. The van der Waals surface area contributed by atoms with Crippen molar-refractivity contribution in [1.29, 1.82) is 0 Å². The van der Waals surface area contributed by atoms with Gasteiger partial charge in [-0.15, -0.1) is 16.4 Å². The summed E-state index contributed by atoms with van der Waals surface area (Å²) in [6, 6.07) is 10.1. The lowest BCUT2D eigenvalue weighted by atomic mass is 10.1. The van der Waals surface area contributed by atoms with Gasteiger partial charge in [-0.1, -0.05) is 29.8 Å². The minimum Gasteiger partial charge on any atom is -0.307 e. The summed E-state index contributed by atoms with van der Waals surface area (Å²) < 4.78 is 1.83. The third kappa shape index (κ3) is 2.83. The topological polar surface area (TPSA) is 68.0 Å². The summed E-state index contributed by atoms with van der Waals surface area (Å²) in [5.74, 6) is 1.05. The number of nitrogens with zero attached hydrogens (tertiary/aromatic N) is 5. The number of rotatable bonds is 3. The number of nitrogens with one attached hydrogen (secondary N) is 1. The minimum absolute atomic E-state index is 0.193. The first-order chi connectivity index (χ1) is 11.6. The Morgan fingerprint density at radius 2 is 1.88 bits per heavy atom. The Morgan fingerprint density at radius 1 is 1.08 bits per heavy atom. The highest BCUT2D eigenvalue weighted by Gasteiger charge is 2.12. The normalized spacial score (nSPS) is 11.1. The Hall–Kier alpha value is -2.51. The van der Waals surface area contributed by atoms with Crippen LogP contribution in [0.15, 0.2) is 35.7 Å². The van der Waals surface area contributed by atoms with E-state index < -0.39 is 0 Å². The fourth-order valence-corrected chi connectivity index (χ4v) is 3.42. The Bertz CT molecular complexity index is 1000. The zero-order chi connectivity index (χ0) is 16.7. The zero-order valence-corrected chi connectivity index (χ0v) is 14.6. The summed E-state index contributed by atoms with van der Waals surface area (Å²) in [5, 5.41) is 9.85. The van der Waals surface area contributed by atoms with Gasteiger partial charge in [0.25, 0.3) is 0 Å². The van der Waals surface area contributed by atoms with E-state index >= 15 is 0 Å². The van der Waals surface area contributed by atoms with Gasteiger partial charge in [0, 0.05) is 22.7 Å². The molecule has 0 atom stereocenters. The van der Waals surface area contributed by atoms with Crippen LogP contribution in [0.5, 0.6) is 0 Å². The van der Waals surface area contributed by atoms with Gasteiger partial charge in [0.1, 0.15) is 5.82 Å². The molecule has 0 radical (unpaired) electrons. The van der Waals surface area contributed by atoms with E-state index in [2.05, 4.69) is 61.9 Å². The number of hydrogen-bond donors (Lipinski definition) is 1. The number of thiazole rings is 1. The first kappa shape index (κ1) is 15.0. The second kappa shape index (κ2) is 5.85. The predicted octanol–water partition coefficient (Wildman–Crippen LogP) is 4.26. The molecule has 0 spiro atoms. The fourth-order valence-electron chi connectivity index (χ4n) is 2.37. The summed E-state index contributed by atoms with van der Waals surface area (Å²) in [6.07, 6.45) is 0. The first-order valence-electron chi connectivity index (χ1n) is 7.28. The van der Waals surface area contributed by atoms with Crippen molar-refractivity contribution in [2.45, 2.75) is 13.8 Å². The van der Waals surface area contributed by atoms with Crippen LogP contribution in [0.3, 0.4) is 0 Å². The van der Waals surface area contributed by atoms with Crippen LogP contribution in [-0.2, 0) is 0 Å². The van der Waals surface area contributed by atoms with E-state index in [1.165, 1.54) is 5.56 Å². The molecule has 0 aliphatic rings. The standard InChI is InChI=1S/C16H13ClN6S/c1-9-3-5-11(6-4-9)12-8-24-16-21-15(22-23(12)16)20-13-7-10(2)18-14(17)19-13/h3-8H,1-2H3,(H,18,19,20,22). The van der Waals surface area contributed by atoms with E-state index in [-0.39, 0.29) is 5.28 Å². The molecule has 3 aromatic heterocycles. The quantitative estimate of drug-likeness (QED) is 0.555. The van der Waals surface area contributed by atoms with Crippen molar-refractivity contribution in [1.82, 2.24) is 24.6 Å². The van der Waals surface area contributed by atoms with Crippen molar-refractivity contribution in [2.75, 3.05) is 5.32 Å². The maximum absolute atomic E-state index is 5.89. The second-order valence-corrected chi connectivity index (χ2v) is 6.58. The lowest BCUT2D eigenvalue weighted by Gasteiger charge is -2.02. The van der Waals surface area contributed by atoms with E-state index in [0.29, 0.717) is 11.8 Å². The number of hydrogen-bond acceptors (Lipinski definition) is 6. The van der Waals surface area contributed by atoms with Crippen LogP contribution in [0, 0.1) is 13.8 Å². The van der Waals surface area contributed by atoms with Crippen molar-refractivity contribution in [3.63, 3.8) is 0 Å². The van der Waals surface area contributed by atoms with Crippen LogP contribution in [0.25, 0.3) is 16.2 Å². The molecular weight excluding hydrogens is 344 g/mol. The highest BCUT2D eigenvalue weighted by Crippen LogP contribution is 2.26. The molecule has 4 rings (SSSR count). The number of fused-ring (bicyclic) bond motifs is 1. The molecule has 24 heavy (non-hydrogen) atoms.